The molecule has 0 bridgehead atoms. The average molecular weight is 472 g/mol. The lowest BCUT2D eigenvalue weighted by atomic mass is 9.73. The lowest BCUT2D eigenvalue weighted by Gasteiger charge is -2.37. The SMILES string of the molecule is CC1(C)CC(=O)C2=C(C1)Nc1ccccc1N(CC(=O)NCc1cccs1)C2c1ccccc1. The molecule has 0 saturated heterocycles. The number of hydrogen-bond donors (Lipinski definition) is 2. The van der Waals surface area contributed by atoms with Gasteiger partial charge in [0, 0.05) is 22.6 Å². The van der Waals surface area contributed by atoms with Crippen molar-refractivity contribution in [2.45, 2.75) is 39.3 Å². The summed E-state index contributed by atoms with van der Waals surface area (Å²) in [5, 5.41) is 8.66. The van der Waals surface area contributed by atoms with Crippen molar-refractivity contribution < 1.29 is 9.59 Å². The molecule has 5 nitrogen and oxygen atoms in total. The molecule has 0 spiro atoms. The monoisotopic (exact) mass is 471 g/mol. The van der Waals surface area contributed by atoms with Gasteiger partial charge in [-0.05, 0) is 41.0 Å². The lowest BCUT2D eigenvalue weighted by Crippen LogP contribution is -2.41. The highest BCUT2D eigenvalue weighted by atomic mass is 32.1. The zero-order chi connectivity index (χ0) is 23.7. The van der Waals surface area contributed by atoms with Crippen LogP contribution in [-0.4, -0.2) is 18.2 Å². The number of allylic oxidation sites excluding steroid dienone is 1. The third-order valence-electron chi connectivity index (χ3n) is 6.47. The van der Waals surface area contributed by atoms with Gasteiger partial charge in [0.15, 0.2) is 5.78 Å². The summed E-state index contributed by atoms with van der Waals surface area (Å²) >= 11 is 1.62. The van der Waals surface area contributed by atoms with Gasteiger partial charge in [0.1, 0.15) is 0 Å². The van der Waals surface area contributed by atoms with E-state index in [2.05, 4.69) is 29.4 Å². The summed E-state index contributed by atoms with van der Waals surface area (Å²) in [7, 11) is 0. The maximum absolute atomic E-state index is 13.6. The molecule has 1 amide bonds. The minimum absolute atomic E-state index is 0.0724. The zero-order valence-electron chi connectivity index (χ0n) is 19.5. The van der Waals surface area contributed by atoms with Crippen LogP contribution in [0.5, 0.6) is 0 Å². The lowest BCUT2D eigenvalue weighted by molar-refractivity contribution is -0.120. The maximum Gasteiger partial charge on any atom is 0.239 e. The van der Waals surface area contributed by atoms with Gasteiger partial charge in [-0.15, -0.1) is 11.3 Å². The quantitative estimate of drug-likeness (QED) is 0.503. The van der Waals surface area contributed by atoms with Gasteiger partial charge >= 0.3 is 0 Å². The molecule has 2 aliphatic rings. The van der Waals surface area contributed by atoms with E-state index in [-0.39, 0.29) is 29.7 Å². The molecule has 34 heavy (non-hydrogen) atoms. The molecule has 0 fully saturated rings. The van der Waals surface area contributed by atoms with E-state index >= 15 is 0 Å². The van der Waals surface area contributed by atoms with Crippen molar-refractivity contribution in [1.82, 2.24) is 5.32 Å². The summed E-state index contributed by atoms with van der Waals surface area (Å²) in [6.07, 6.45) is 1.27. The van der Waals surface area contributed by atoms with Crippen molar-refractivity contribution in [3.63, 3.8) is 0 Å². The van der Waals surface area contributed by atoms with Crippen molar-refractivity contribution in [3.8, 4) is 0 Å². The van der Waals surface area contributed by atoms with Crippen LogP contribution in [0.2, 0.25) is 0 Å². The Labute approximate surface area is 204 Å². The van der Waals surface area contributed by atoms with Crippen LogP contribution in [0.25, 0.3) is 0 Å². The second-order valence-electron chi connectivity index (χ2n) is 9.77. The Bertz CT molecular complexity index is 1230. The van der Waals surface area contributed by atoms with E-state index in [9.17, 15) is 9.59 Å². The molecular weight excluding hydrogens is 442 g/mol. The number of ketones is 1. The predicted octanol–water partition coefficient (Wildman–Crippen LogP) is 5.68. The maximum atomic E-state index is 13.6. The van der Waals surface area contributed by atoms with Gasteiger partial charge in [-0.2, -0.15) is 0 Å². The number of carbonyl (C=O) groups is 2. The number of nitrogens with one attached hydrogen (secondary N) is 2. The molecule has 5 rings (SSSR count). The van der Waals surface area contributed by atoms with E-state index in [1.54, 1.807) is 11.3 Å². The highest BCUT2D eigenvalue weighted by Gasteiger charge is 2.41. The first-order chi connectivity index (χ1) is 16.4. The first-order valence-corrected chi connectivity index (χ1v) is 12.5. The summed E-state index contributed by atoms with van der Waals surface area (Å²) in [6, 6.07) is 21.7. The van der Waals surface area contributed by atoms with Crippen LogP contribution < -0.4 is 15.5 Å². The van der Waals surface area contributed by atoms with Crippen molar-refractivity contribution in [3.05, 3.63) is 93.8 Å². The Morgan fingerprint density at radius 2 is 1.82 bits per heavy atom. The summed E-state index contributed by atoms with van der Waals surface area (Å²) in [6.45, 7) is 4.93. The number of anilines is 2. The van der Waals surface area contributed by atoms with Gasteiger partial charge in [0.05, 0.1) is 30.5 Å². The molecule has 1 unspecified atom stereocenters. The molecule has 3 aromatic rings. The van der Waals surface area contributed by atoms with E-state index < -0.39 is 0 Å². The first-order valence-electron chi connectivity index (χ1n) is 11.6. The Morgan fingerprint density at radius 1 is 1.06 bits per heavy atom. The number of rotatable bonds is 5. The summed E-state index contributed by atoms with van der Waals surface area (Å²) in [5.74, 6) is 0.0705. The average Bonchev–Trinajstić information content (AvgIpc) is 3.29. The number of benzene rings is 2. The number of fused-ring (bicyclic) bond motifs is 1. The predicted molar refractivity (Wildman–Crippen MR) is 138 cm³/mol. The van der Waals surface area contributed by atoms with Crippen molar-refractivity contribution in [1.29, 1.82) is 0 Å². The van der Waals surface area contributed by atoms with E-state index in [1.807, 2.05) is 72.1 Å². The van der Waals surface area contributed by atoms with Crippen LogP contribution in [0, 0.1) is 5.41 Å². The number of para-hydroxylation sites is 2. The van der Waals surface area contributed by atoms with E-state index in [0.29, 0.717) is 13.0 Å². The molecule has 174 valence electrons. The smallest absolute Gasteiger partial charge is 0.239 e. The minimum Gasteiger partial charge on any atom is -0.357 e. The van der Waals surface area contributed by atoms with Crippen LogP contribution in [0.4, 0.5) is 11.4 Å². The zero-order valence-corrected chi connectivity index (χ0v) is 20.3. The summed E-state index contributed by atoms with van der Waals surface area (Å²) in [4.78, 5) is 30.0. The molecule has 0 radical (unpaired) electrons. The number of thiophene rings is 1. The number of carbonyl (C=O) groups excluding carboxylic acids is 2. The van der Waals surface area contributed by atoms with E-state index in [4.69, 9.17) is 0 Å². The second kappa shape index (κ2) is 9.11. The van der Waals surface area contributed by atoms with Crippen molar-refractivity contribution in [2.75, 3.05) is 16.8 Å². The van der Waals surface area contributed by atoms with Crippen molar-refractivity contribution >= 4 is 34.4 Å². The van der Waals surface area contributed by atoms with E-state index in [1.165, 1.54) is 0 Å². The van der Waals surface area contributed by atoms with Gasteiger partial charge < -0.3 is 15.5 Å². The number of nitrogens with zero attached hydrogens (tertiary/aromatic N) is 1. The Kier molecular flexibility index (Phi) is 6.00. The third kappa shape index (κ3) is 4.50. The van der Waals surface area contributed by atoms with Gasteiger partial charge in [0.2, 0.25) is 5.91 Å². The van der Waals surface area contributed by atoms with Crippen LogP contribution >= 0.6 is 11.3 Å². The summed E-state index contributed by atoms with van der Waals surface area (Å²) < 4.78 is 0. The molecule has 0 saturated carbocycles. The Morgan fingerprint density at radius 3 is 2.59 bits per heavy atom. The molecule has 2 heterocycles. The molecule has 2 N–H and O–H groups in total. The van der Waals surface area contributed by atoms with E-state index in [0.717, 1.165) is 39.5 Å². The van der Waals surface area contributed by atoms with Gasteiger partial charge in [-0.1, -0.05) is 62.4 Å². The largest absolute Gasteiger partial charge is 0.357 e. The Balaban J connectivity index is 1.59. The molecule has 1 atom stereocenters. The number of Topliss-reactive ketones (excluding diaryl/α,β-unsaturated/α-hetero) is 1. The standard InChI is InChI=1S/C28H29N3O2S/c1-28(2)15-22-26(24(32)16-28)27(19-9-4-3-5-10-19)31(23-13-7-6-12-21(23)30-22)18-25(33)29-17-20-11-8-14-34-20/h3-14,27,30H,15-18H2,1-2H3,(H,29,33). The van der Waals surface area contributed by atoms with Crippen LogP contribution in [0.15, 0.2) is 83.4 Å². The molecular formula is C28H29N3O2S. The Hall–Kier alpha value is -3.38. The second-order valence-corrected chi connectivity index (χ2v) is 10.8. The highest BCUT2D eigenvalue weighted by Crippen LogP contribution is 2.48. The van der Waals surface area contributed by atoms with Crippen molar-refractivity contribution in [2.24, 2.45) is 5.41 Å². The molecule has 1 aliphatic heterocycles. The van der Waals surface area contributed by atoms with Crippen LogP contribution in [0.1, 0.15) is 43.2 Å². The first kappa shape index (κ1) is 22.4. The van der Waals surface area contributed by atoms with Crippen LogP contribution in [-0.2, 0) is 16.1 Å². The number of amides is 1. The van der Waals surface area contributed by atoms with Gasteiger partial charge in [-0.25, -0.2) is 0 Å². The normalized spacial score (nSPS) is 19.1. The molecule has 6 heteroatoms. The molecule has 1 aliphatic carbocycles. The fourth-order valence-electron chi connectivity index (χ4n) is 5.02. The molecule has 1 aromatic heterocycles. The highest BCUT2D eigenvalue weighted by molar-refractivity contribution is 7.09. The van der Waals surface area contributed by atoms with Crippen LogP contribution in [0.3, 0.4) is 0 Å². The fraction of sp³-hybridized carbons (Fsp3) is 0.286. The summed E-state index contributed by atoms with van der Waals surface area (Å²) in [5.41, 5.74) is 4.46. The van der Waals surface area contributed by atoms with Gasteiger partial charge in [-0.3, -0.25) is 9.59 Å². The minimum atomic E-state index is -0.344. The van der Waals surface area contributed by atoms with Gasteiger partial charge in [0.25, 0.3) is 0 Å². The molecule has 2 aromatic carbocycles. The fourth-order valence-corrected chi connectivity index (χ4v) is 5.66. The topological polar surface area (TPSA) is 61.4 Å². The third-order valence-corrected chi connectivity index (χ3v) is 7.35. The number of hydrogen-bond acceptors (Lipinski definition) is 5.